The molecule has 0 aromatic carbocycles. The minimum atomic E-state index is -0.921. The van der Waals surface area contributed by atoms with E-state index in [0.717, 1.165) is 11.4 Å². The first-order chi connectivity index (χ1) is 5.17. The van der Waals surface area contributed by atoms with Crippen LogP contribution in [0.2, 0.25) is 0 Å². The molecule has 1 aliphatic carbocycles. The third-order valence-corrected chi connectivity index (χ3v) is 1.92. The third kappa shape index (κ3) is 1.24. The van der Waals surface area contributed by atoms with E-state index in [0.29, 0.717) is 0 Å². The molecule has 56 valence electrons. The Balaban J connectivity index is 2.45. The second-order valence-electron chi connectivity index (χ2n) is 2.30. The van der Waals surface area contributed by atoms with Crippen molar-refractivity contribution in [2.45, 2.75) is 4.33 Å². The molecule has 2 nitrogen and oxygen atoms in total. The lowest BCUT2D eigenvalue weighted by Gasteiger charge is -2.13. The van der Waals surface area contributed by atoms with E-state index in [-0.39, 0.29) is 0 Å². The highest BCUT2D eigenvalue weighted by Gasteiger charge is 2.24. The molecule has 0 amide bonds. The molecule has 0 N–H and O–H groups in total. The summed E-state index contributed by atoms with van der Waals surface area (Å²) >= 11 is 11.6. The molecule has 2 rings (SSSR count). The van der Waals surface area contributed by atoms with Gasteiger partial charge in [-0.1, -0.05) is 23.2 Å². The zero-order chi connectivity index (χ0) is 7.90. The van der Waals surface area contributed by atoms with Crippen molar-refractivity contribution in [3.8, 4) is 0 Å². The van der Waals surface area contributed by atoms with Gasteiger partial charge in [-0.15, -0.1) is 0 Å². The van der Waals surface area contributed by atoms with Gasteiger partial charge in [0.15, 0.2) is 4.33 Å². The van der Waals surface area contributed by atoms with E-state index < -0.39 is 4.33 Å². The Bertz CT molecular complexity index is 310. The fourth-order valence-electron chi connectivity index (χ4n) is 0.946. The number of halogens is 2. The fourth-order valence-corrected chi connectivity index (χ4v) is 1.28. The Labute approximate surface area is 73.9 Å². The van der Waals surface area contributed by atoms with Crippen LogP contribution in [0, 0.1) is 0 Å². The standard InChI is InChI=1S/C7H4Cl2N2/c8-7(9)2-1-5-6(3-7)11-4-10-5/h1-4H. The zero-order valence-electron chi connectivity index (χ0n) is 5.46. The summed E-state index contributed by atoms with van der Waals surface area (Å²) in [6.45, 7) is 0. The Morgan fingerprint density at radius 2 is 2.18 bits per heavy atom. The van der Waals surface area contributed by atoms with E-state index >= 15 is 0 Å². The molecule has 1 heterocycles. The Kier molecular flexibility index (Phi) is 1.41. The number of alkyl halides is 2. The highest BCUT2D eigenvalue weighted by molar-refractivity contribution is 6.52. The van der Waals surface area contributed by atoms with E-state index in [2.05, 4.69) is 9.98 Å². The van der Waals surface area contributed by atoms with Crippen LogP contribution in [0.15, 0.2) is 33.9 Å². The van der Waals surface area contributed by atoms with Gasteiger partial charge >= 0.3 is 0 Å². The second kappa shape index (κ2) is 2.19. The molecule has 0 saturated heterocycles. The van der Waals surface area contributed by atoms with Crippen molar-refractivity contribution in [3.05, 3.63) is 23.9 Å². The van der Waals surface area contributed by atoms with Crippen LogP contribution in [-0.4, -0.2) is 16.4 Å². The molecule has 0 unspecified atom stereocenters. The van der Waals surface area contributed by atoms with Crippen LogP contribution < -0.4 is 0 Å². The van der Waals surface area contributed by atoms with Crippen molar-refractivity contribution in [2.24, 2.45) is 9.98 Å². The smallest absolute Gasteiger partial charge is 0.157 e. The summed E-state index contributed by atoms with van der Waals surface area (Å²) in [6.07, 6.45) is 6.59. The molecule has 0 fully saturated rings. The number of nitrogens with zero attached hydrogens (tertiary/aromatic N) is 2. The predicted octanol–water partition coefficient (Wildman–Crippen LogP) is 2.10. The molecule has 4 heteroatoms. The molecule has 0 atom stereocenters. The van der Waals surface area contributed by atoms with E-state index in [1.54, 1.807) is 18.2 Å². The maximum Gasteiger partial charge on any atom is 0.157 e. The molecule has 0 bridgehead atoms. The summed E-state index contributed by atoms with van der Waals surface area (Å²) in [7, 11) is 0. The van der Waals surface area contributed by atoms with E-state index in [1.807, 2.05) is 0 Å². The van der Waals surface area contributed by atoms with Crippen molar-refractivity contribution in [3.63, 3.8) is 0 Å². The molecular weight excluding hydrogens is 183 g/mol. The zero-order valence-corrected chi connectivity index (χ0v) is 6.97. The lowest BCUT2D eigenvalue weighted by Crippen LogP contribution is -2.12. The van der Waals surface area contributed by atoms with Crippen LogP contribution in [0.5, 0.6) is 0 Å². The predicted molar refractivity (Wildman–Crippen MR) is 47.6 cm³/mol. The van der Waals surface area contributed by atoms with Gasteiger partial charge in [-0.25, -0.2) is 9.98 Å². The van der Waals surface area contributed by atoms with Crippen LogP contribution in [0.3, 0.4) is 0 Å². The Morgan fingerprint density at radius 1 is 1.36 bits per heavy atom. The number of fused-ring (bicyclic) bond motifs is 1. The van der Waals surface area contributed by atoms with Gasteiger partial charge in [-0.2, -0.15) is 0 Å². The van der Waals surface area contributed by atoms with Gasteiger partial charge in [-0.3, -0.25) is 0 Å². The maximum atomic E-state index is 5.81. The molecule has 0 spiro atoms. The van der Waals surface area contributed by atoms with Gasteiger partial charge in [0.1, 0.15) is 6.34 Å². The lowest BCUT2D eigenvalue weighted by molar-refractivity contribution is 1.22. The summed E-state index contributed by atoms with van der Waals surface area (Å²) in [5, 5.41) is 0. The number of hydrogen-bond donors (Lipinski definition) is 0. The van der Waals surface area contributed by atoms with Crippen LogP contribution in [0.25, 0.3) is 0 Å². The molecule has 0 radical (unpaired) electrons. The fraction of sp³-hybridized carbons (Fsp3) is 0.143. The van der Waals surface area contributed by atoms with Crippen LogP contribution in [-0.2, 0) is 0 Å². The largest absolute Gasteiger partial charge is 0.235 e. The van der Waals surface area contributed by atoms with Gasteiger partial charge in [0.2, 0.25) is 0 Å². The Hall–Kier alpha value is -0.600. The highest BCUT2D eigenvalue weighted by atomic mass is 35.5. The van der Waals surface area contributed by atoms with Gasteiger partial charge in [-0.05, 0) is 18.2 Å². The average molecular weight is 187 g/mol. The molecule has 11 heavy (non-hydrogen) atoms. The first kappa shape index (κ1) is 7.07. The third-order valence-electron chi connectivity index (χ3n) is 1.45. The molecular formula is C7H4Cl2N2. The van der Waals surface area contributed by atoms with Gasteiger partial charge in [0.05, 0.1) is 11.4 Å². The monoisotopic (exact) mass is 186 g/mol. The SMILES string of the molecule is ClC1(Cl)C=CC2=NC=NC2=C1. The number of aliphatic imine (C=N–C) groups is 2. The second-order valence-corrected chi connectivity index (χ2v) is 3.74. The average Bonchev–Trinajstić information content (AvgIpc) is 2.31. The van der Waals surface area contributed by atoms with Gasteiger partial charge in [0, 0.05) is 0 Å². The van der Waals surface area contributed by atoms with Crippen LogP contribution in [0.4, 0.5) is 0 Å². The minimum absolute atomic E-state index is 0.748. The number of allylic oxidation sites excluding steroid dienone is 3. The van der Waals surface area contributed by atoms with E-state index in [9.17, 15) is 0 Å². The van der Waals surface area contributed by atoms with Crippen molar-refractivity contribution in [1.82, 2.24) is 0 Å². The summed E-state index contributed by atoms with van der Waals surface area (Å²) < 4.78 is -0.921. The first-order valence-electron chi connectivity index (χ1n) is 3.08. The van der Waals surface area contributed by atoms with E-state index in [1.165, 1.54) is 6.34 Å². The van der Waals surface area contributed by atoms with E-state index in [4.69, 9.17) is 23.2 Å². The normalized spacial score (nSPS) is 24.5. The van der Waals surface area contributed by atoms with Crippen molar-refractivity contribution in [1.29, 1.82) is 0 Å². The first-order valence-corrected chi connectivity index (χ1v) is 3.84. The van der Waals surface area contributed by atoms with Crippen LogP contribution >= 0.6 is 23.2 Å². The summed E-state index contributed by atoms with van der Waals surface area (Å²) in [6, 6.07) is 0. The van der Waals surface area contributed by atoms with Crippen molar-refractivity contribution in [2.75, 3.05) is 0 Å². The summed E-state index contributed by atoms with van der Waals surface area (Å²) in [5.74, 6) is 0. The van der Waals surface area contributed by atoms with Crippen LogP contribution in [0.1, 0.15) is 0 Å². The molecule has 0 saturated carbocycles. The molecule has 0 aromatic rings. The number of rotatable bonds is 0. The summed E-state index contributed by atoms with van der Waals surface area (Å²) in [4.78, 5) is 7.94. The molecule has 2 aliphatic rings. The minimum Gasteiger partial charge on any atom is -0.235 e. The molecule has 0 aromatic heterocycles. The van der Waals surface area contributed by atoms with Gasteiger partial charge < -0.3 is 0 Å². The highest BCUT2D eigenvalue weighted by Crippen LogP contribution is 2.31. The van der Waals surface area contributed by atoms with Crippen molar-refractivity contribution < 1.29 is 0 Å². The quantitative estimate of drug-likeness (QED) is 0.518. The Morgan fingerprint density at radius 3 is 3.00 bits per heavy atom. The van der Waals surface area contributed by atoms with Gasteiger partial charge in [0.25, 0.3) is 0 Å². The topological polar surface area (TPSA) is 24.7 Å². The maximum absolute atomic E-state index is 5.81. The number of hydrogen-bond acceptors (Lipinski definition) is 2. The van der Waals surface area contributed by atoms with Crippen molar-refractivity contribution >= 4 is 35.3 Å². The summed E-state index contributed by atoms with van der Waals surface area (Å²) in [5.41, 5.74) is 1.57. The molecule has 1 aliphatic heterocycles. The lowest BCUT2D eigenvalue weighted by atomic mass is 10.1.